The van der Waals surface area contributed by atoms with Crippen molar-refractivity contribution < 1.29 is 9.53 Å². The Balaban J connectivity index is 1.20. The Morgan fingerprint density at radius 1 is 1.26 bits per heavy atom. The second-order valence-electron chi connectivity index (χ2n) is 7.74. The monoisotopic (exact) mass is 519 g/mol. The van der Waals surface area contributed by atoms with E-state index in [1.807, 2.05) is 29.6 Å². The normalized spacial score (nSPS) is 18.4. The highest BCUT2D eigenvalue weighted by molar-refractivity contribution is 9.10. The first-order valence-electron chi connectivity index (χ1n) is 10.3. The summed E-state index contributed by atoms with van der Waals surface area (Å²) < 4.78 is 9.00. The van der Waals surface area contributed by atoms with Crippen molar-refractivity contribution in [2.75, 3.05) is 17.7 Å². The third kappa shape index (κ3) is 5.19. The summed E-state index contributed by atoms with van der Waals surface area (Å²) in [6, 6.07) is 7.95. The van der Waals surface area contributed by atoms with Crippen LogP contribution in [0.25, 0.3) is 11.3 Å². The van der Waals surface area contributed by atoms with Crippen LogP contribution in [-0.4, -0.2) is 44.1 Å². The van der Waals surface area contributed by atoms with Gasteiger partial charge in [-0.2, -0.15) is 0 Å². The van der Waals surface area contributed by atoms with E-state index in [9.17, 15) is 4.79 Å². The predicted octanol–water partition coefficient (Wildman–Crippen LogP) is 4.95. The van der Waals surface area contributed by atoms with Crippen molar-refractivity contribution in [1.82, 2.24) is 19.7 Å². The van der Waals surface area contributed by atoms with Crippen molar-refractivity contribution in [2.45, 2.75) is 49.4 Å². The van der Waals surface area contributed by atoms with E-state index in [1.54, 1.807) is 0 Å². The third-order valence-corrected chi connectivity index (χ3v) is 7.57. The van der Waals surface area contributed by atoms with Crippen LogP contribution in [0, 0.1) is 0 Å². The zero-order chi connectivity index (χ0) is 21.2. The van der Waals surface area contributed by atoms with E-state index >= 15 is 0 Å². The number of thiazole rings is 1. The topological polar surface area (TPSA) is 81.9 Å². The number of thioether (sulfide) groups is 1. The van der Waals surface area contributed by atoms with E-state index in [1.165, 1.54) is 35.9 Å². The fraction of sp³-hybridized carbons (Fsp3) is 0.429. The number of amides is 1. The minimum absolute atomic E-state index is 0.0960. The lowest BCUT2D eigenvalue weighted by Gasteiger charge is -2.14. The number of ether oxygens (including phenoxy) is 1. The quantitative estimate of drug-likeness (QED) is 0.424. The molecule has 5 rings (SSSR count). The van der Waals surface area contributed by atoms with Gasteiger partial charge in [0, 0.05) is 27.9 Å². The number of carbonyl (C=O) groups excluding carboxylic acids is 1. The number of benzene rings is 1. The lowest BCUT2D eigenvalue weighted by molar-refractivity contribution is -0.113. The first-order chi connectivity index (χ1) is 15.2. The molecule has 1 N–H and O–H groups in total. The molecule has 0 spiro atoms. The summed E-state index contributed by atoms with van der Waals surface area (Å²) in [6.07, 6.45) is 4.72. The van der Waals surface area contributed by atoms with Gasteiger partial charge in [0.2, 0.25) is 5.91 Å². The van der Waals surface area contributed by atoms with E-state index < -0.39 is 0 Å². The van der Waals surface area contributed by atoms with Crippen LogP contribution in [0.4, 0.5) is 5.13 Å². The standard InChI is InChI=1S/C21H22BrN5O2S2/c22-15-7-5-13(6-8-15)17-11-30-20(23-17)24-18(28)12-31-21-26-25-19(14-3-4-14)27(21)10-16-2-1-9-29-16/h5-8,11,14,16H,1-4,9-10,12H2,(H,23,24,28). The maximum Gasteiger partial charge on any atom is 0.236 e. The molecule has 2 fully saturated rings. The van der Waals surface area contributed by atoms with E-state index in [2.05, 4.69) is 41.0 Å². The van der Waals surface area contributed by atoms with Gasteiger partial charge in [0.05, 0.1) is 24.1 Å². The number of nitrogens with one attached hydrogen (secondary N) is 1. The van der Waals surface area contributed by atoms with E-state index in [0.717, 1.165) is 52.7 Å². The summed E-state index contributed by atoms with van der Waals surface area (Å²) in [7, 11) is 0. The Bertz CT molecular complexity index is 1060. The Labute approximate surface area is 197 Å². The van der Waals surface area contributed by atoms with Gasteiger partial charge < -0.3 is 14.6 Å². The number of anilines is 1. The van der Waals surface area contributed by atoms with Gasteiger partial charge in [0.25, 0.3) is 0 Å². The highest BCUT2D eigenvalue weighted by atomic mass is 79.9. The van der Waals surface area contributed by atoms with Crippen LogP contribution in [0.3, 0.4) is 0 Å². The number of nitrogens with zero attached hydrogens (tertiary/aromatic N) is 4. The average molecular weight is 520 g/mol. The zero-order valence-electron chi connectivity index (χ0n) is 16.8. The second kappa shape index (κ2) is 9.40. The molecule has 0 radical (unpaired) electrons. The number of hydrogen-bond donors (Lipinski definition) is 1. The molecule has 31 heavy (non-hydrogen) atoms. The van der Waals surface area contributed by atoms with Crippen molar-refractivity contribution in [3.05, 3.63) is 39.9 Å². The Kier molecular flexibility index (Phi) is 6.40. The van der Waals surface area contributed by atoms with Crippen LogP contribution < -0.4 is 5.32 Å². The van der Waals surface area contributed by atoms with Gasteiger partial charge in [-0.25, -0.2) is 4.98 Å². The molecule has 1 amide bonds. The minimum Gasteiger partial charge on any atom is -0.376 e. The highest BCUT2D eigenvalue weighted by Gasteiger charge is 2.32. The third-order valence-electron chi connectivity index (χ3n) is 5.32. The minimum atomic E-state index is -0.0960. The summed E-state index contributed by atoms with van der Waals surface area (Å²) >= 11 is 6.29. The zero-order valence-corrected chi connectivity index (χ0v) is 20.0. The summed E-state index contributed by atoms with van der Waals surface area (Å²) in [5.74, 6) is 1.71. The summed E-state index contributed by atoms with van der Waals surface area (Å²) in [6.45, 7) is 1.60. The molecule has 1 saturated heterocycles. The fourth-order valence-electron chi connectivity index (χ4n) is 3.58. The van der Waals surface area contributed by atoms with Crippen LogP contribution in [0.2, 0.25) is 0 Å². The van der Waals surface area contributed by atoms with Crippen LogP contribution in [0.1, 0.15) is 37.4 Å². The molecule has 3 heterocycles. The molecule has 1 aliphatic heterocycles. The van der Waals surface area contributed by atoms with Crippen LogP contribution in [0.15, 0.2) is 39.3 Å². The maximum atomic E-state index is 12.5. The molecule has 7 nitrogen and oxygen atoms in total. The number of halogens is 1. The second-order valence-corrected chi connectivity index (χ2v) is 10.5. The smallest absolute Gasteiger partial charge is 0.236 e. The summed E-state index contributed by atoms with van der Waals surface area (Å²) in [5, 5.41) is 15.0. The highest BCUT2D eigenvalue weighted by Crippen LogP contribution is 2.40. The van der Waals surface area contributed by atoms with E-state index in [-0.39, 0.29) is 17.8 Å². The lowest BCUT2D eigenvalue weighted by Crippen LogP contribution is -2.19. The van der Waals surface area contributed by atoms with Crippen molar-refractivity contribution in [3.8, 4) is 11.3 Å². The van der Waals surface area contributed by atoms with Gasteiger partial charge in [0.15, 0.2) is 10.3 Å². The molecule has 1 aliphatic carbocycles. The van der Waals surface area contributed by atoms with Gasteiger partial charge in [-0.1, -0.05) is 39.8 Å². The molecule has 1 aromatic carbocycles. The van der Waals surface area contributed by atoms with Crippen molar-refractivity contribution in [2.24, 2.45) is 0 Å². The summed E-state index contributed by atoms with van der Waals surface area (Å²) in [5.41, 5.74) is 1.87. The first kappa shape index (κ1) is 21.1. The molecule has 0 bridgehead atoms. The number of carbonyl (C=O) groups is 1. The Morgan fingerprint density at radius 2 is 2.10 bits per heavy atom. The lowest BCUT2D eigenvalue weighted by atomic mass is 10.2. The first-order valence-corrected chi connectivity index (χ1v) is 13.0. The maximum absolute atomic E-state index is 12.5. The Morgan fingerprint density at radius 3 is 2.84 bits per heavy atom. The molecule has 162 valence electrons. The van der Waals surface area contributed by atoms with Gasteiger partial charge in [0.1, 0.15) is 5.82 Å². The SMILES string of the molecule is O=C(CSc1nnc(C2CC2)n1CC1CCCO1)Nc1nc(-c2ccc(Br)cc2)cs1. The largest absolute Gasteiger partial charge is 0.376 e. The summed E-state index contributed by atoms with van der Waals surface area (Å²) in [4.78, 5) is 17.1. The number of hydrogen-bond acceptors (Lipinski definition) is 7. The van der Waals surface area contributed by atoms with Crippen LogP contribution >= 0.6 is 39.0 Å². The van der Waals surface area contributed by atoms with Gasteiger partial charge in [-0.15, -0.1) is 21.5 Å². The Hall–Kier alpha value is -1.75. The average Bonchev–Trinajstić information content (AvgIpc) is 3.15. The molecule has 1 unspecified atom stereocenters. The molecule has 1 saturated carbocycles. The predicted molar refractivity (Wildman–Crippen MR) is 126 cm³/mol. The molecule has 2 aliphatic rings. The molecular weight excluding hydrogens is 498 g/mol. The van der Waals surface area contributed by atoms with Crippen molar-refractivity contribution >= 4 is 50.1 Å². The molecule has 10 heteroatoms. The molecule has 1 atom stereocenters. The van der Waals surface area contributed by atoms with Gasteiger partial charge in [-0.3, -0.25) is 4.79 Å². The van der Waals surface area contributed by atoms with Crippen molar-refractivity contribution in [3.63, 3.8) is 0 Å². The van der Waals surface area contributed by atoms with E-state index in [0.29, 0.717) is 11.0 Å². The van der Waals surface area contributed by atoms with Gasteiger partial charge >= 0.3 is 0 Å². The molecule has 2 aromatic heterocycles. The van der Waals surface area contributed by atoms with E-state index in [4.69, 9.17) is 4.74 Å². The fourth-order valence-corrected chi connectivity index (χ4v) is 5.34. The number of rotatable bonds is 8. The van der Waals surface area contributed by atoms with Crippen LogP contribution in [-0.2, 0) is 16.1 Å². The van der Waals surface area contributed by atoms with Crippen LogP contribution in [0.5, 0.6) is 0 Å². The molecular formula is C21H22BrN5O2S2. The van der Waals surface area contributed by atoms with Gasteiger partial charge in [-0.05, 0) is 37.8 Å². The number of aromatic nitrogens is 4. The van der Waals surface area contributed by atoms with Crippen molar-refractivity contribution in [1.29, 1.82) is 0 Å². The molecule has 3 aromatic rings.